The Morgan fingerprint density at radius 1 is 1.19 bits per heavy atom. The first-order valence-electron chi connectivity index (χ1n) is 7.33. The second kappa shape index (κ2) is 5.41. The zero-order chi connectivity index (χ0) is 15.0. The molecule has 4 nitrogen and oxygen atoms in total. The second-order valence-corrected chi connectivity index (χ2v) is 6.16. The van der Waals surface area contributed by atoms with Gasteiger partial charge in [-0.1, -0.05) is 12.8 Å². The summed E-state index contributed by atoms with van der Waals surface area (Å²) in [5.41, 5.74) is 2.09. The number of nitrogens with zero attached hydrogens (tertiary/aromatic N) is 2. The molecule has 1 aromatic carbocycles. The van der Waals surface area contributed by atoms with Gasteiger partial charge in [0, 0.05) is 17.7 Å². The Hall–Kier alpha value is -1.42. The SMILES string of the molecule is COc1cc2nc(CCl)n(C3(C)CCCC3)c2cc1OC. The predicted octanol–water partition coefficient (Wildman–Crippen LogP) is 4.08. The molecule has 1 aliphatic rings. The average molecular weight is 309 g/mol. The highest BCUT2D eigenvalue weighted by atomic mass is 35.5. The van der Waals surface area contributed by atoms with Crippen LogP contribution in [0.4, 0.5) is 0 Å². The first kappa shape index (κ1) is 14.5. The Bertz CT molecular complexity index is 660. The largest absolute Gasteiger partial charge is 0.493 e. The van der Waals surface area contributed by atoms with E-state index in [0.29, 0.717) is 11.6 Å². The van der Waals surface area contributed by atoms with Crippen LogP contribution in [0.2, 0.25) is 0 Å². The van der Waals surface area contributed by atoms with Gasteiger partial charge in [-0.05, 0) is 19.8 Å². The molecule has 1 fully saturated rings. The molecule has 0 aliphatic heterocycles. The molecule has 114 valence electrons. The van der Waals surface area contributed by atoms with Crippen LogP contribution in [0.15, 0.2) is 12.1 Å². The van der Waals surface area contributed by atoms with Crippen molar-refractivity contribution in [2.75, 3.05) is 14.2 Å². The lowest BCUT2D eigenvalue weighted by atomic mass is 9.99. The van der Waals surface area contributed by atoms with Gasteiger partial charge >= 0.3 is 0 Å². The zero-order valence-electron chi connectivity index (χ0n) is 12.8. The molecule has 0 amide bonds. The molecule has 1 aliphatic carbocycles. The number of rotatable bonds is 4. The van der Waals surface area contributed by atoms with E-state index in [4.69, 9.17) is 26.1 Å². The third-order valence-electron chi connectivity index (χ3n) is 4.57. The highest BCUT2D eigenvalue weighted by Crippen LogP contribution is 2.41. The number of fused-ring (bicyclic) bond motifs is 1. The predicted molar refractivity (Wildman–Crippen MR) is 84.5 cm³/mol. The van der Waals surface area contributed by atoms with Gasteiger partial charge in [0.25, 0.3) is 0 Å². The highest BCUT2D eigenvalue weighted by molar-refractivity contribution is 6.16. The molecule has 0 N–H and O–H groups in total. The summed E-state index contributed by atoms with van der Waals surface area (Å²) in [5.74, 6) is 2.77. The van der Waals surface area contributed by atoms with Gasteiger partial charge in [0.15, 0.2) is 11.5 Å². The van der Waals surface area contributed by atoms with Crippen LogP contribution in [0.5, 0.6) is 11.5 Å². The molecule has 0 radical (unpaired) electrons. The third-order valence-corrected chi connectivity index (χ3v) is 4.81. The number of ether oxygens (including phenoxy) is 2. The van der Waals surface area contributed by atoms with Gasteiger partial charge in [-0.3, -0.25) is 0 Å². The lowest BCUT2D eigenvalue weighted by molar-refractivity contribution is 0.330. The van der Waals surface area contributed by atoms with Crippen molar-refractivity contribution in [3.05, 3.63) is 18.0 Å². The van der Waals surface area contributed by atoms with Crippen molar-refractivity contribution in [3.63, 3.8) is 0 Å². The number of benzene rings is 1. The first-order chi connectivity index (χ1) is 10.1. The van der Waals surface area contributed by atoms with Crippen LogP contribution in [0.3, 0.4) is 0 Å². The molecule has 21 heavy (non-hydrogen) atoms. The average Bonchev–Trinajstić information content (AvgIpc) is 3.09. The number of hydrogen-bond acceptors (Lipinski definition) is 3. The van der Waals surface area contributed by atoms with Gasteiger partial charge in [-0.15, -0.1) is 11.6 Å². The molecule has 0 saturated heterocycles. The van der Waals surface area contributed by atoms with E-state index in [9.17, 15) is 0 Å². The number of hydrogen-bond donors (Lipinski definition) is 0. The van der Waals surface area contributed by atoms with Gasteiger partial charge in [0.1, 0.15) is 5.82 Å². The van der Waals surface area contributed by atoms with Crippen molar-refractivity contribution in [2.24, 2.45) is 0 Å². The third kappa shape index (κ3) is 2.26. The molecular weight excluding hydrogens is 288 g/mol. The number of imidazole rings is 1. The van der Waals surface area contributed by atoms with E-state index in [1.165, 1.54) is 12.8 Å². The number of halogens is 1. The fourth-order valence-corrected chi connectivity index (χ4v) is 3.69. The molecule has 0 spiro atoms. The summed E-state index contributed by atoms with van der Waals surface area (Å²) < 4.78 is 13.1. The molecule has 0 unspecified atom stereocenters. The summed E-state index contributed by atoms with van der Waals surface area (Å²) >= 11 is 6.15. The van der Waals surface area contributed by atoms with E-state index in [2.05, 4.69) is 11.5 Å². The lowest BCUT2D eigenvalue weighted by Crippen LogP contribution is -2.27. The van der Waals surface area contributed by atoms with Gasteiger partial charge in [0.2, 0.25) is 0 Å². The Kier molecular flexibility index (Phi) is 3.74. The summed E-state index contributed by atoms with van der Waals surface area (Å²) in [5, 5.41) is 0. The molecule has 3 rings (SSSR count). The van der Waals surface area contributed by atoms with Crippen molar-refractivity contribution < 1.29 is 9.47 Å². The van der Waals surface area contributed by atoms with Crippen LogP contribution in [-0.4, -0.2) is 23.8 Å². The van der Waals surface area contributed by atoms with E-state index in [-0.39, 0.29) is 5.54 Å². The topological polar surface area (TPSA) is 36.3 Å². The van der Waals surface area contributed by atoms with Crippen molar-refractivity contribution in [1.29, 1.82) is 0 Å². The normalized spacial score (nSPS) is 17.3. The monoisotopic (exact) mass is 308 g/mol. The minimum atomic E-state index is 0.0958. The van der Waals surface area contributed by atoms with Gasteiger partial charge in [-0.25, -0.2) is 4.98 Å². The van der Waals surface area contributed by atoms with Crippen molar-refractivity contribution in [3.8, 4) is 11.5 Å². The standard InChI is InChI=1S/C16H21ClN2O2/c1-16(6-4-5-7-16)19-12-9-14(21-3)13(20-2)8-11(12)18-15(19)10-17/h8-9H,4-7,10H2,1-3H3. The maximum atomic E-state index is 6.15. The van der Waals surface area contributed by atoms with Crippen molar-refractivity contribution in [2.45, 2.75) is 44.0 Å². The first-order valence-corrected chi connectivity index (χ1v) is 7.86. The van der Waals surface area contributed by atoms with Crippen LogP contribution in [-0.2, 0) is 11.4 Å². The highest BCUT2D eigenvalue weighted by Gasteiger charge is 2.34. The van der Waals surface area contributed by atoms with Crippen LogP contribution in [0.25, 0.3) is 11.0 Å². The van der Waals surface area contributed by atoms with Crippen LogP contribution in [0.1, 0.15) is 38.4 Å². The van der Waals surface area contributed by atoms with Crippen LogP contribution in [0, 0.1) is 0 Å². The smallest absolute Gasteiger partial charge is 0.163 e. The van der Waals surface area contributed by atoms with E-state index in [1.54, 1.807) is 14.2 Å². The number of aromatic nitrogens is 2. The fourth-order valence-electron chi connectivity index (χ4n) is 3.51. The summed E-state index contributed by atoms with van der Waals surface area (Å²) in [6.07, 6.45) is 4.84. The Balaban J connectivity index is 2.26. The van der Waals surface area contributed by atoms with E-state index < -0.39 is 0 Å². The van der Waals surface area contributed by atoms with Crippen molar-refractivity contribution in [1.82, 2.24) is 9.55 Å². The number of methoxy groups -OCH3 is 2. The van der Waals surface area contributed by atoms with E-state index >= 15 is 0 Å². The zero-order valence-corrected chi connectivity index (χ0v) is 13.5. The van der Waals surface area contributed by atoms with Crippen LogP contribution < -0.4 is 9.47 Å². The summed E-state index contributed by atoms with van der Waals surface area (Å²) in [6.45, 7) is 2.30. The maximum Gasteiger partial charge on any atom is 0.163 e. The molecule has 2 aromatic rings. The molecule has 0 atom stereocenters. The minimum Gasteiger partial charge on any atom is -0.493 e. The van der Waals surface area contributed by atoms with E-state index in [0.717, 1.165) is 35.4 Å². The molecule has 1 aromatic heterocycles. The second-order valence-electron chi connectivity index (χ2n) is 5.90. The molecule has 1 saturated carbocycles. The Morgan fingerprint density at radius 3 is 2.38 bits per heavy atom. The summed E-state index contributed by atoms with van der Waals surface area (Å²) in [7, 11) is 3.30. The van der Waals surface area contributed by atoms with Crippen LogP contribution >= 0.6 is 11.6 Å². The molecule has 0 bridgehead atoms. The molecule has 5 heteroatoms. The Labute approximate surface area is 130 Å². The Morgan fingerprint density at radius 2 is 1.81 bits per heavy atom. The molecular formula is C16H21ClN2O2. The van der Waals surface area contributed by atoms with Gasteiger partial charge < -0.3 is 14.0 Å². The van der Waals surface area contributed by atoms with Gasteiger partial charge in [-0.2, -0.15) is 0 Å². The minimum absolute atomic E-state index is 0.0958. The van der Waals surface area contributed by atoms with Crippen molar-refractivity contribution >= 4 is 22.6 Å². The quantitative estimate of drug-likeness (QED) is 0.798. The fraction of sp³-hybridized carbons (Fsp3) is 0.562. The number of alkyl halides is 1. The lowest BCUT2D eigenvalue weighted by Gasteiger charge is -2.28. The van der Waals surface area contributed by atoms with Gasteiger partial charge in [0.05, 0.1) is 31.1 Å². The summed E-state index contributed by atoms with van der Waals surface area (Å²) in [6, 6.07) is 3.94. The summed E-state index contributed by atoms with van der Waals surface area (Å²) in [4.78, 5) is 4.70. The molecule has 1 heterocycles. The van der Waals surface area contributed by atoms with E-state index in [1.807, 2.05) is 12.1 Å². The maximum absolute atomic E-state index is 6.15.